The highest BCUT2D eigenvalue weighted by atomic mass is 16.5. The van der Waals surface area contributed by atoms with Crippen molar-refractivity contribution in [3.63, 3.8) is 0 Å². The lowest BCUT2D eigenvalue weighted by Crippen LogP contribution is -2.05. The van der Waals surface area contributed by atoms with Crippen molar-refractivity contribution in [1.29, 1.82) is 0 Å². The normalized spacial score (nSPS) is 10.5. The molecule has 2 aromatic carbocycles. The maximum atomic E-state index is 12.0. The molecule has 6 nitrogen and oxygen atoms in total. The summed E-state index contributed by atoms with van der Waals surface area (Å²) in [6.45, 7) is 0. The van der Waals surface area contributed by atoms with Gasteiger partial charge in [-0.05, 0) is 41.8 Å². The van der Waals surface area contributed by atoms with E-state index in [1.54, 1.807) is 37.6 Å². The summed E-state index contributed by atoms with van der Waals surface area (Å²) >= 11 is 0. The first-order valence-corrected chi connectivity index (χ1v) is 7.52. The predicted molar refractivity (Wildman–Crippen MR) is 93.8 cm³/mol. The first kappa shape index (κ1) is 16.6. The van der Waals surface area contributed by atoms with Crippen LogP contribution in [0.5, 0.6) is 17.2 Å². The third kappa shape index (κ3) is 2.82. The number of ether oxygens (including phenoxy) is 3. The molecule has 0 aliphatic carbocycles. The Hall–Kier alpha value is -3.28. The van der Waals surface area contributed by atoms with E-state index in [9.17, 15) is 9.90 Å². The minimum Gasteiger partial charge on any atom is -0.497 e. The van der Waals surface area contributed by atoms with Crippen molar-refractivity contribution in [3.05, 3.63) is 48.2 Å². The third-order valence-corrected chi connectivity index (χ3v) is 3.97. The molecule has 3 aromatic rings. The van der Waals surface area contributed by atoms with Crippen molar-refractivity contribution >= 4 is 16.7 Å². The molecule has 0 fully saturated rings. The minimum atomic E-state index is -1.11. The summed E-state index contributed by atoms with van der Waals surface area (Å²) in [5.41, 5.74) is 1.36. The zero-order chi connectivity index (χ0) is 18.0. The summed E-state index contributed by atoms with van der Waals surface area (Å²) in [6.07, 6.45) is 1.64. The fourth-order valence-corrected chi connectivity index (χ4v) is 2.83. The van der Waals surface area contributed by atoms with Gasteiger partial charge in [-0.2, -0.15) is 0 Å². The monoisotopic (exact) mass is 339 g/mol. The van der Waals surface area contributed by atoms with Gasteiger partial charge in [0.15, 0.2) is 11.5 Å². The number of rotatable bonds is 5. The standard InChI is InChI=1S/C19H17NO5/c1-23-13-6-4-11(5-7-13)17-15-12(8-9-20-17)10-14(24-2)18(25-3)16(15)19(21)22/h4-10H,1-3H3,(H,21,22). The van der Waals surface area contributed by atoms with Gasteiger partial charge in [0.2, 0.25) is 0 Å². The van der Waals surface area contributed by atoms with Gasteiger partial charge >= 0.3 is 5.97 Å². The number of fused-ring (bicyclic) bond motifs is 1. The van der Waals surface area contributed by atoms with Crippen molar-refractivity contribution in [2.75, 3.05) is 21.3 Å². The van der Waals surface area contributed by atoms with Gasteiger partial charge in [0.05, 0.1) is 27.0 Å². The maximum absolute atomic E-state index is 12.0. The number of carboxylic acid groups (broad SMARTS) is 1. The van der Waals surface area contributed by atoms with E-state index in [4.69, 9.17) is 14.2 Å². The third-order valence-electron chi connectivity index (χ3n) is 3.97. The van der Waals surface area contributed by atoms with Gasteiger partial charge in [-0.25, -0.2) is 4.79 Å². The van der Waals surface area contributed by atoms with Crippen LogP contribution in [0.2, 0.25) is 0 Å². The Labute approximate surface area is 144 Å². The van der Waals surface area contributed by atoms with Crippen molar-refractivity contribution < 1.29 is 24.1 Å². The molecule has 0 spiro atoms. The number of methoxy groups -OCH3 is 3. The lowest BCUT2D eigenvalue weighted by molar-refractivity contribution is 0.0695. The van der Waals surface area contributed by atoms with E-state index in [2.05, 4.69) is 4.98 Å². The molecule has 0 unspecified atom stereocenters. The minimum absolute atomic E-state index is 0.0239. The van der Waals surface area contributed by atoms with E-state index >= 15 is 0 Å². The molecule has 0 atom stereocenters. The Morgan fingerprint density at radius 3 is 2.28 bits per heavy atom. The van der Waals surface area contributed by atoms with E-state index in [1.807, 2.05) is 12.1 Å². The molecule has 0 saturated heterocycles. The second kappa shape index (κ2) is 6.68. The molecule has 0 aliphatic rings. The van der Waals surface area contributed by atoms with Crippen LogP contribution >= 0.6 is 0 Å². The second-order valence-corrected chi connectivity index (χ2v) is 5.28. The second-order valence-electron chi connectivity index (χ2n) is 5.28. The lowest BCUT2D eigenvalue weighted by atomic mass is 9.98. The SMILES string of the molecule is COc1ccc(-c2nccc3cc(OC)c(OC)c(C(=O)O)c23)cc1. The molecule has 1 N–H and O–H groups in total. The number of hydrogen-bond donors (Lipinski definition) is 1. The summed E-state index contributed by atoms with van der Waals surface area (Å²) < 4.78 is 15.8. The van der Waals surface area contributed by atoms with Gasteiger partial charge in [-0.1, -0.05) is 0 Å². The Morgan fingerprint density at radius 2 is 1.72 bits per heavy atom. The van der Waals surface area contributed by atoms with E-state index in [-0.39, 0.29) is 11.3 Å². The average molecular weight is 339 g/mol. The Kier molecular flexibility index (Phi) is 4.43. The van der Waals surface area contributed by atoms with Gasteiger partial charge in [-0.3, -0.25) is 4.98 Å². The van der Waals surface area contributed by atoms with Gasteiger partial charge in [0.25, 0.3) is 0 Å². The van der Waals surface area contributed by atoms with E-state index in [0.29, 0.717) is 28.0 Å². The number of benzene rings is 2. The zero-order valence-corrected chi connectivity index (χ0v) is 14.1. The molecular weight excluding hydrogens is 322 g/mol. The number of carboxylic acids is 1. The summed E-state index contributed by atoms with van der Waals surface area (Å²) in [5.74, 6) is 0.134. The first-order valence-electron chi connectivity index (χ1n) is 7.52. The van der Waals surface area contributed by atoms with Crippen LogP contribution < -0.4 is 14.2 Å². The number of aromatic nitrogens is 1. The summed E-state index contributed by atoms with van der Waals surface area (Å²) in [6, 6.07) is 10.8. The van der Waals surface area contributed by atoms with Crippen LogP contribution in [0.3, 0.4) is 0 Å². The molecule has 3 rings (SSSR count). The lowest BCUT2D eigenvalue weighted by Gasteiger charge is -2.15. The van der Waals surface area contributed by atoms with Crippen molar-refractivity contribution in [2.45, 2.75) is 0 Å². The summed E-state index contributed by atoms with van der Waals surface area (Å²) in [5, 5.41) is 11.0. The van der Waals surface area contributed by atoms with Crippen LogP contribution in [-0.4, -0.2) is 37.4 Å². The van der Waals surface area contributed by atoms with Crippen LogP contribution in [0.25, 0.3) is 22.0 Å². The number of hydrogen-bond acceptors (Lipinski definition) is 5. The van der Waals surface area contributed by atoms with Gasteiger partial charge in [0.1, 0.15) is 11.3 Å². The molecule has 25 heavy (non-hydrogen) atoms. The Bertz CT molecular complexity index is 935. The summed E-state index contributed by atoms with van der Waals surface area (Å²) in [7, 11) is 4.48. The van der Waals surface area contributed by atoms with Crippen LogP contribution in [0.15, 0.2) is 42.6 Å². The van der Waals surface area contributed by atoms with E-state index in [1.165, 1.54) is 14.2 Å². The molecule has 0 saturated carbocycles. The van der Waals surface area contributed by atoms with Crippen LogP contribution in [-0.2, 0) is 0 Å². The average Bonchev–Trinajstić information content (AvgIpc) is 2.65. The number of pyridine rings is 1. The van der Waals surface area contributed by atoms with Crippen molar-refractivity contribution in [2.24, 2.45) is 0 Å². The fraction of sp³-hybridized carbons (Fsp3) is 0.158. The topological polar surface area (TPSA) is 77.9 Å². The number of carbonyl (C=O) groups is 1. The molecule has 0 bridgehead atoms. The molecule has 0 aliphatic heterocycles. The molecule has 128 valence electrons. The Balaban J connectivity index is 2.38. The highest BCUT2D eigenvalue weighted by Gasteiger charge is 2.23. The molecule has 0 amide bonds. The van der Waals surface area contributed by atoms with Crippen LogP contribution in [0.1, 0.15) is 10.4 Å². The zero-order valence-electron chi connectivity index (χ0n) is 14.1. The molecule has 1 heterocycles. The predicted octanol–water partition coefficient (Wildman–Crippen LogP) is 3.63. The highest BCUT2D eigenvalue weighted by molar-refractivity contribution is 6.12. The largest absolute Gasteiger partial charge is 0.497 e. The summed E-state index contributed by atoms with van der Waals surface area (Å²) in [4.78, 5) is 16.4. The van der Waals surface area contributed by atoms with Crippen molar-refractivity contribution in [3.8, 4) is 28.5 Å². The van der Waals surface area contributed by atoms with Crippen LogP contribution in [0, 0.1) is 0 Å². The van der Waals surface area contributed by atoms with Crippen molar-refractivity contribution in [1.82, 2.24) is 4.98 Å². The maximum Gasteiger partial charge on any atom is 0.340 e. The van der Waals surface area contributed by atoms with E-state index in [0.717, 1.165) is 5.56 Å². The fourth-order valence-electron chi connectivity index (χ4n) is 2.83. The molecule has 6 heteroatoms. The quantitative estimate of drug-likeness (QED) is 0.765. The molecular formula is C19H17NO5. The smallest absolute Gasteiger partial charge is 0.340 e. The first-order chi connectivity index (χ1) is 12.1. The molecule has 1 aromatic heterocycles. The van der Waals surface area contributed by atoms with Crippen LogP contribution in [0.4, 0.5) is 0 Å². The van der Waals surface area contributed by atoms with Gasteiger partial charge in [-0.15, -0.1) is 0 Å². The highest BCUT2D eigenvalue weighted by Crippen LogP contribution is 2.41. The van der Waals surface area contributed by atoms with E-state index < -0.39 is 5.97 Å². The molecule has 0 radical (unpaired) electrons. The van der Waals surface area contributed by atoms with Gasteiger partial charge in [0, 0.05) is 17.1 Å². The Morgan fingerprint density at radius 1 is 1.00 bits per heavy atom. The van der Waals surface area contributed by atoms with Gasteiger partial charge < -0.3 is 19.3 Å². The number of nitrogens with zero attached hydrogens (tertiary/aromatic N) is 1. The number of aromatic carboxylic acids is 1.